The Morgan fingerprint density at radius 2 is 1.80 bits per heavy atom. The zero-order chi connectivity index (χ0) is 18.1. The molecule has 2 aromatic rings. The van der Waals surface area contributed by atoms with E-state index in [0.717, 1.165) is 11.1 Å². The number of amides is 1. The molecule has 0 radical (unpaired) electrons. The van der Waals surface area contributed by atoms with Crippen molar-refractivity contribution in [2.75, 3.05) is 19.0 Å². The van der Waals surface area contributed by atoms with E-state index in [-0.39, 0.29) is 18.4 Å². The molecule has 0 heterocycles. The van der Waals surface area contributed by atoms with Gasteiger partial charge < -0.3 is 15.8 Å². The topological polar surface area (TPSA) is 81.4 Å². The van der Waals surface area contributed by atoms with Gasteiger partial charge in [0.1, 0.15) is 0 Å². The Hall–Kier alpha value is -2.02. The molecule has 0 fully saturated rings. The lowest BCUT2D eigenvalue weighted by molar-refractivity contribution is -0.118. The predicted molar refractivity (Wildman–Crippen MR) is 102 cm³/mol. The van der Waals surface area contributed by atoms with Gasteiger partial charge in [-0.25, -0.2) is 0 Å². The summed E-state index contributed by atoms with van der Waals surface area (Å²) in [6.45, 7) is 0.294. The zero-order valence-electron chi connectivity index (χ0n) is 14.3. The van der Waals surface area contributed by atoms with Crippen molar-refractivity contribution in [1.82, 2.24) is 0 Å². The molecule has 0 saturated carbocycles. The van der Waals surface area contributed by atoms with Gasteiger partial charge in [0.25, 0.3) is 0 Å². The molecular formula is C19H24N2O3S. The Bertz CT molecular complexity index is 703. The molecular weight excluding hydrogens is 336 g/mol. The molecule has 2 aromatic carbocycles. The number of benzene rings is 2. The summed E-state index contributed by atoms with van der Waals surface area (Å²) in [5, 5.41) is 2.83. The number of nitrogens with one attached hydrogen (secondary N) is 1. The van der Waals surface area contributed by atoms with Gasteiger partial charge in [0.05, 0.1) is 12.5 Å². The first kappa shape index (κ1) is 19.3. The highest BCUT2D eigenvalue weighted by molar-refractivity contribution is 7.83. The van der Waals surface area contributed by atoms with Crippen molar-refractivity contribution < 1.29 is 13.7 Å². The Labute approximate surface area is 151 Å². The first-order chi connectivity index (χ1) is 12.1. The molecule has 0 bridgehead atoms. The second-order valence-corrected chi connectivity index (χ2v) is 7.22. The quantitative estimate of drug-likeness (QED) is 0.720. The van der Waals surface area contributed by atoms with E-state index in [1.165, 1.54) is 7.11 Å². The molecule has 3 N–H and O–H groups in total. The number of methoxy groups -OCH3 is 1. The SMILES string of the molecule is COC(CN)CC(=O)Nc1cccc(CS(=O)Cc2ccccc2)c1. The summed E-state index contributed by atoms with van der Waals surface area (Å²) in [6.07, 6.45) is -0.0847. The van der Waals surface area contributed by atoms with Gasteiger partial charge >= 0.3 is 0 Å². The van der Waals surface area contributed by atoms with E-state index in [1.54, 1.807) is 0 Å². The van der Waals surface area contributed by atoms with Gasteiger partial charge in [-0.15, -0.1) is 0 Å². The normalized spacial score (nSPS) is 13.2. The molecule has 6 heteroatoms. The number of ether oxygens (including phenoxy) is 1. The third-order valence-corrected chi connectivity index (χ3v) is 5.03. The van der Waals surface area contributed by atoms with Gasteiger partial charge in [0.2, 0.25) is 5.91 Å². The van der Waals surface area contributed by atoms with E-state index in [2.05, 4.69) is 5.32 Å². The van der Waals surface area contributed by atoms with E-state index < -0.39 is 10.8 Å². The minimum Gasteiger partial charge on any atom is -0.380 e. The molecule has 0 spiro atoms. The van der Waals surface area contributed by atoms with Crippen LogP contribution in [0.25, 0.3) is 0 Å². The number of carbonyl (C=O) groups is 1. The lowest BCUT2D eigenvalue weighted by Gasteiger charge is -2.13. The molecule has 2 rings (SSSR count). The maximum absolute atomic E-state index is 12.3. The minimum absolute atomic E-state index is 0.153. The van der Waals surface area contributed by atoms with Crippen molar-refractivity contribution in [1.29, 1.82) is 0 Å². The van der Waals surface area contributed by atoms with Crippen molar-refractivity contribution in [3.63, 3.8) is 0 Å². The van der Waals surface area contributed by atoms with Crippen molar-refractivity contribution in [3.8, 4) is 0 Å². The zero-order valence-corrected chi connectivity index (χ0v) is 15.1. The third kappa shape index (κ3) is 6.78. The molecule has 5 nitrogen and oxygen atoms in total. The molecule has 2 atom stereocenters. The Kier molecular flexibility index (Phi) is 7.78. The molecule has 25 heavy (non-hydrogen) atoms. The summed E-state index contributed by atoms with van der Waals surface area (Å²) >= 11 is 0. The lowest BCUT2D eigenvalue weighted by atomic mass is 10.2. The van der Waals surface area contributed by atoms with Crippen LogP contribution in [0.5, 0.6) is 0 Å². The maximum atomic E-state index is 12.3. The van der Waals surface area contributed by atoms with Gasteiger partial charge in [-0.1, -0.05) is 42.5 Å². The van der Waals surface area contributed by atoms with Gasteiger partial charge in [0, 0.05) is 41.6 Å². The predicted octanol–water partition coefficient (Wildman–Crippen LogP) is 2.44. The smallest absolute Gasteiger partial charge is 0.227 e. The standard InChI is InChI=1S/C19H24N2O3S/c1-24-18(12-20)11-19(22)21-17-9-5-8-16(10-17)14-25(23)13-15-6-3-2-4-7-15/h2-10,18H,11-14,20H2,1H3,(H,21,22). The highest BCUT2D eigenvalue weighted by atomic mass is 32.2. The number of hydrogen-bond acceptors (Lipinski definition) is 4. The third-order valence-electron chi connectivity index (χ3n) is 3.72. The highest BCUT2D eigenvalue weighted by Crippen LogP contribution is 2.15. The van der Waals surface area contributed by atoms with Crippen LogP contribution in [0.3, 0.4) is 0 Å². The number of carbonyl (C=O) groups excluding carboxylic acids is 1. The summed E-state index contributed by atoms with van der Waals surface area (Å²) in [4.78, 5) is 12.0. The molecule has 0 aromatic heterocycles. The van der Waals surface area contributed by atoms with E-state index >= 15 is 0 Å². The van der Waals surface area contributed by atoms with Crippen LogP contribution in [0.2, 0.25) is 0 Å². The Morgan fingerprint density at radius 1 is 1.12 bits per heavy atom. The van der Waals surface area contributed by atoms with Gasteiger partial charge in [-0.05, 0) is 23.3 Å². The van der Waals surface area contributed by atoms with Crippen molar-refractivity contribution in [2.45, 2.75) is 24.0 Å². The molecule has 134 valence electrons. The minimum atomic E-state index is -1.00. The van der Waals surface area contributed by atoms with Crippen LogP contribution in [0.15, 0.2) is 54.6 Å². The summed E-state index contributed by atoms with van der Waals surface area (Å²) in [5.41, 5.74) is 8.19. The monoisotopic (exact) mass is 360 g/mol. The first-order valence-corrected chi connectivity index (χ1v) is 9.60. The molecule has 1 amide bonds. The number of rotatable bonds is 9. The maximum Gasteiger partial charge on any atom is 0.227 e. The number of anilines is 1. The van der Waals surface area contributed by atoms with Crippen LogP contribution >= 0.6 is 0 Å². The highest BCUT2D eigenvalue weighted by Gasteiger charge is 2.12. The van der Waals surface area contributed by atoms with Crippen molar-refractivity contribution in [2.24, 2.45) is 5.73 Å². The van der Waals surface area contributed by atoms with E-state index in [1.807, 2.05) is 54.6 Å². The summed E-state index contributed by atoms with van der Waals surface area (Å²) in [7, 11) is 0.531. The second-order valence-electron chi connectivity index (χ2n) is 5.76. The van der Waals surface area contributed by atoms with E-state index in [9.17, 15) is 9.00 Å². The van der Waals surface area contributed by atoms with Crippen molar-refractivity contribution >= 4 is 22.4 Å². The van der Waals surface area contributed by atoms with Crippen LogP contribution in [0.1, 0.15) is 17.5 Å². The molecule has 0 aliphatic rings. The fourth-order valence-electron chi connectivity index (χ4n) is 2.42. The van der Waals surface area contributed by atoms with Crippen LogP contribution in [-0.2, 0) is 31.8 Å². The summed E-state index contributed by atoms with van der Waals surface area (Å²) in [5.74, 6) is 0.811. The molecule has 0 saturated heterocycles. The Balaban J connectivity index is 1.92. The second kappa shape index (κ2) is 10.1. The van der Waals surface area contributed by atoms with Gasteiger partial charge in [-0.3, -0.25) is 9.00 Å². The number of nitrogens with two attached hydrogens (primary N) is 1. The van der Waals surface area contributed by atoms with Crippen molar-refractivity contribution in [3.05, 3.63) is 65.7 Å². The lowest BCUT2D eigenvalue weighted by Crippen LogP contribution is -2.28. The average Bonchev–Trinajstić information content (AvgIpc) is 2.60. The Morgan fingerprint density at radius 3 is 2.48 bits per heavy atom. The molecule has 0 aliphatic carbocycles. The number of hydrogen-bond donors (Lipinski definition) is 2. The van der Waals surface area contributed by atoms with Crippen LogP contribution < -0.4 is 11.1 Å². The van der Waals surface area contributed by atoms with Crippen LogP contribution in [0, 0.1) is 0 Å². The van der Waals surface area contributed by atoms with Crippen LogP contribution in [0.4, 0.5) is 5.69 Å². The molecule has 2 unspecified atom stereocenters. The van der Waals surface area contributed by atoms with E-state index in [4.69, 9.17) is 10.5 Å². The molecule has 0 aliphatic heterocycles. The summed E-state index contributed by atoms with van der Waals surface area (Å²) in [6, 6.07) is 17.2. The fraction of sp³-hybridized carbons (Fsp3) is 0.316. The fourth-order valence-corrected chi connectivity index (χ4v) is 3.64. The largest absolute Gasteiger partial charge is 0.380 e. The first-order valence-electron chi connectivity index (χ1n) is 8.11. The van der Waals surface area contributed by atoms with Crippen LogP contribution in [-0.4, -0.2) is 29.9 Å². The van der Waals surface area contributed by atoms with Gasteiger partial charge in [0.15, 0.2) is 0 Å². The summed E-state index contributed by atoms with van der Waals surface area (Å²) < 4.78 is 17.4. The van der Waals surface area contributed by atoms with Gasteiger partial charge in [-0.2, -0.15) is 0 Å². The average molecular weight is 360 g/mol. The van der Waals surface area contributed by atoms with E-state index in [0.29, 0.717) is 23.7 Å².